The van der Waals surface area contributed by atoms with Crippen LogP contribution in [0.4, 0.5) is 5.82 Å². The number of thioether (sulfide) groups is 1. The van der Waals surface area contributed by atoms with Gasteiger partial charge in [-0.05, 0) is 41.8 Å². The Labute approximate surface area is 250 Å². The maximum atomic E-state index is 13.0. The number of carbonyl (C=O) groups excluding carboxylic acids is 1. The van der Waals surface area contributed by atoms with Crippen molar-refractivity contribution in [3.8, 4) is 11.5 Å². The quantitative estimate of drug-likeness (QED) is 0.180. The third-order valence-corrected chi connectivity index (χ3v) is 8.54. The Morgan fingerprint density at radius 2 is 1.68 bits per heavy atom. The first-order chi connectivity index (χ1) is 19.9. The SMILES string of the molecule is COc1ccc(CCN(C)c2cc(Cl)nc(SCc3ccc(C(=O)N4CCC5(CC4)OCCO5)cc3)n2)cc1OC. The molecule has 3 heterocycles. The second-order valence-electron chi connectivity index (χ2n) is 10.1. The third kappa shape index (κ3) is 7.24. The van der Waals surface area contributed by atoms with Gasteiger partial charge < -0.3 is 28.7 Å². The summed E-state index contributed by atoms with van der Waals surface area (Å²) in [6.45, 7) is 3.26. The fourth-order valence-corrected chi connectivity index (χ4v) is 6.04. The number of anilines is 1. The van der Waals surface area contributed by atoms with Crippen molar-refractivity contribution in [3.63, 3.8) is 0 Å². The number of hydrogen-bond acceptors (Lipinski definition) is 9. The lowest BCUT2D eigenvalue weighted by Gasteiger charge is -2.37. The van der Waals surface area contributed by atoms with E-state index in [1.807, 2.05) is 54.4 Å². The van der Waals surface area contributed by atoms with Crippen LogP contribution in [0.25, 0.3) is 0 Å². The van der Waals surface area contributed by atoms with Gasteiger partial charge in [0.1, 0.15) is 11.0 Å². The van der Waals surface area contributed by atoms with E-state index in [2.05, 4.69) is 9.88 Å². The Bertz CT molecular complexity index is 1340. The summed E-state index contributed by atoms with van der Waals surface area (Å²) in [7, 11) is 5.25. The summed E-state index contributed by atoms with van der Waals surface area (Å²) < 4.78 is 22.3. The highest BCUT2D eigenvalue weighted by atomic mass is 35.5. The van der Waals surface area contributed by atoms with Crippen molar-refractivity contribution in [2.75, 3.05) is 59.0 Å². The first-order valence-electron chi connectivity index (χ1n) is 13.6. The van der Waals surface area contributed by atoms with Gasteiger partial charge in [0.2, 0.25) is 0 Å². The van der Waals surface area contributed by atoms with Crippen molar-refractivity contribution in [3.05, 3.63) is 70.4 Å². The van der Waals surface area contributed by atoms with Gasteiger partial charge >= 0.3 is 0 Å². The van der Waals surface area contributed by atoms with Gasteiger partial charge in [-0.1, -0.05) is 41.6 Å². The van der Waals surface area contributed by atoms with Crippen LogP contribution in [0.2, 0.25) is 5.15 Å². The fraction of sp³-hybridized carbons (Fsp3) is 0.433. The molecule has 0 aliphatic carbocycles. The van der Waals surface area contributed by atoms with E-state index < -0.39 is 5.79 Å². The van der Waals surface area contributed by atoms with E-state index in [1.165, 1.54) is 11.8 Å². The van der Waals surface area contributed by atoms with Crippen molar-refractivity contribution < 1.29 is 23.7 Å². The van der Waals surface area contributed by atoms with Crippen LogP contribution < -0.4 is 14.4 Å². The molecule has 11 heteroatoms. The zero-order valence-corrected chi connectivity index (χ0v) is 25.2. The van der Waals surface area contributed by atoms with Crippen LogP contribution in [-0.2, 0) is 21.6 Å². The number of likely N-dealkylation sites (N-methyl/N-ethyl adjacent to an activating group) is 1. The number of ether oxygens (including phenoxy) is 4. The summed E-state index contributed by atoms with van der Waals surface area (Å²) in [5, 5.41) is 0.998. The molecule has 5 rings (SSSR count). The van der Waals surface area contributed by atoms with Crippen LogP contribution >= 0.6 is 23.4 Å². The summed E-state index contributed by atoms with van der Waals surface area (Å²) in [4.78, 5) is 26.1. The third-order valence-electron chi connectivity index (χ3n) is 7.43. The molecular formula is C30H35ClN4O5S. The smallest absolute Gasteiger partial charge is 0.253 e. The monoisotopic (exact) mass is 598 g/mol. The first-order valence-corrected chi connectivity index (χ1v) is 15.0. The second kappa shape index (κ2) is 13.3. The summed E-state index contributed by atoms with van der Waals surface area (Å²) >= 11 is 7.86. The minimum atomic E-state index is -0.486. The lowest BCUT2D eigenvalue weighted by atomic mass is 10.0. The van der Waals surface area contributed by atoms with Crippen LogP contribution in [0.3, 0.4) is 0 Å². The highest BCUT2D eigenvalue weighted by molar-refractivity contribution is 7.98. The predicted octanol–water partition coefficient (Wildman–Crippen LogP) is 5.10. The molecule has 0 atom stereocenters. The average Bonchev–Trinajstić information content (AvgIpc) is 3.46. The fourth-order valence-electron chi connectivity index (χ4n) is 5.00. The largest absolute Gasteiger partial charge is 0.493 e. The van der Waals surface area contributed by atoms with Gasteiger partial charge in [-0.3, -0.25) is 4.79 Å². The minimum Gasteiger partial charge on any atom is -0.493 e. The number of piperidine rings is 1. The molecule has 9 nitrogen and oxygen atoms in total. The zero-order valence-electron chi connectivity index (χ0n) is 23.6. The Morgan fingerprint density at radius 3 is 2.37 bits per heavy atom. The summed E-state index contributed by atoms with van der Waals surface area (Å²) in [5.74, 6) is 2.38. The van der Waals surface area contributed by atoms with E-state index in [9.17, 15) is 4.79 Å². The zero-order chi connectivity index (χ0) is 28.8. The van der Waals surface area contributed by atoms with Gasteiger partial charge in [0.25, 0.3) is 5.91 Å². The molecule has 1 spiro atoms. The van der Waals surface area contributed by atoms with Crippen molar-refractivity contribution in [2.24, 2.45) is 0 Å². The van der Waals surface area contributed by atoms with Gasteiger partial charge in [-0.15, -0.1) is 0 Å². The maximum absolute atomic E-state index is 13.0. The molecule has 1 aromatic heterocycles. The van der Waals surface area contributed by atoms with Gasteiger partial charge in [-0.2, -0.15) is 0 Å². The van der Waals surface area contributed by atoms with E-state index in [0.717, 1.165) is 29.9 Å². The lowest BCUT2D eigenvalue weighted by molar-refractivity contribution is -0.181. The van der Waals surface area contributed by atoms with Crippen LogP contribution in [0.5, 0.6) is 11.5 Å². The van der Waals surface area contributed by atoms with Crippen LogP contribution in [0, 0.1) is 0 Å². The Balaban J connectivity index is 1.14. The molecule has 2 aromatic carbocycles. The van der Waals surface area contributed by atoms with E-state index in [1.54, 1.807) is 20.3 Å². The minimum absolute atomic E-state index is 0.0380. The number of likely N-dealkylation sites (tertiary alicyclic amines) is 1. The van der Waals surface area contributed by atoms with E-state index in [-0.39, 0.29) is 5.91 Å². The molecule has 1 amide bonds. The summed E-state index contributed by atoms with van der Waals surface area (Å²) in [6, 6.07) is 15.4. The molecule has 218 valence electrons. The van der Waals surface area contributed by atoms with Gasteiger partial charge in [0, 0.05) is 56.9 Å². The van der Waals surface area contributed by atoms with Gasteiger partial charge in [0.15, 0.2) is 22.4 Å². The molecular weight excluding hydrogens is 564 g/mol. The topological polar surface area (TPSA) is 86.3 Å². The number of nitrogens with zero attached hydrogens (tertiary/aromatic N) is 4. The standard InChI is InChI=1S/C30H35ClN4O5S/c1-34(13-10-21-6-9-24(37-2)25(18-21)38-3)27-19-26(31)32-29(33-27)41-20-22-4-7-23(8-5-22)28(36)35-14-11-30(12-15-35)39-16-17-40-30/h4-9,18-19H,10-17,20H2,1-3H3. The summed E-state index contributed by atoms with van der Waals surface area (Å²) in [5.41, 5.74) is 2.89. The van der Waals surface area contributed by atoms with Gasteiger partial charge in [-0.25, -0.2) is 9.97 Å². The molecule has 2 aliphatic heterocycles. The number of benzene rings is 2. The number of halogens is 1. The number of aromatic nitrogens is 2. The van der Waals surface area contributed by atoms with Crippen molar-refractivity contribution in [1.82, 2.24) is 14.9 Å². The molecule has 0 saturated carbocycles. The summed E-state index contributed by atoms with van der Waals surface area (Å²) in [6.07, 6.45) is 2.22. The van der Waals surface area contributed by atoms with Crippen LogP contribution in [0.1, 0.15) is 34.3 Å². The number of carbonyl (C=O) groups is 1. The number of methoxy groups -OCH3 is 2. The van der Waals surface area contributed by atoms with E-state index >= 15 is 0 Å². The average molecular weight is 599 g/mol. The molecule has 0 bridgehead atoms. The van der Waals surface area contributed by atoms with Crippen molar-refractivity contribution in [2.45, 2.75) is 36.0 Å². The molecule has 0 unspecified atom stereocenters. The first kappa shape index (κ1) is 29.4. The lowest BCUT2D eigenvalue weighted by Crippen LogP contribution is -2.47. The van der Waals surface area contributed by atoms with E-state index in [0.29, 0.717) is 72.3 Å². The molecule has 2 fully saturated rings. The normalized spacial score (nSPS) is 16.1. The Morgan fingerprint density at radius 1 is 1.00 bits per heavy atom. The highest BCUT2D eigenvalue weighted by Crippen LogP contribution is 2.32. The van der Waals surface area contributed by atoms with Crippen molar-refractivity contribution in [1.29, 1.82) is 0 Å². The van der Waals surface area contributed by atoms with Gasteiger partial charge in [0.05, 0.1) is 27.4 Å². The maximum Gasteiger partial charge on any atom is 0.253 e. The number of amides is 1. The number of rotatable bonds is 10. The molecule has 2 saturated heterocycles. The molecule has 2 aliphatic rings. The molecule has 0 radical (unpaired) electrons. The Hall–Kier alpha value is -3.05. The van der Waals surface area contributed by atoms with Crippen LogP contribution in [0.15, 0.2) is 53.7 Å². The molecule has 3 aromatic rings. The predicted molar refractivity (Wildman–Crippen MR) is 159 cm³/mol. The van der Waals surface area contributed by atoms with Crippen LogP contribution in [-0.4, -0.2) is 80.7 Å². The Kier molecular flexibility index (Phi) is 9.54. The van der Waals surface area contributed by atoms with Crippen molar-refractivity contribution >= 4 is 35.1 Å². The molecule has 41 heavy (non-hydrogen) atoms. The highest BCUT2D eigenvalue weighted by Gasteiger charge is 2.40. The molecule has 0 N–H and O–H groups in total. The second-order valence-corrected chi connectivity index (χ2v) is 11.4. The number of hydrogen-bond donors (Lipinski definition) is 0. The van der Waals surface area contributed by atoms with E-state index in [4.69, 9.17) is 35.5 Å².